The second kappa shape index (κ2) is 5.56. The normalized spacial score (nSPS) is 12.6. The minimum Gasteiger partial charge on any atom is -0.369 e. The van der Waals surface area contributed by atoms with Gasteiger partial charge in [0.2, 0.25) is 0 Å². The van der Waals surface area contributed by atoms with Crippen molar-refractivity contribution in [2.75, 3.05) is 17.7 Å². The number of pyridine rings is 1. The largest absolute Gasteiger partial charge is 0.369 e. The molecule has 1 aromatic heterocycles. The highest BCUT2D eigenvalue weighted by Crippen LogP contribution is 2.23. The molecule has 14 heavy (non-hydrogen) atoms. The van der Waals surface area contributed by atoms with E-state index in [1.807, 2.05) is 13.0 Å². The van der Waals surface area contributed by atoms with E-state index in [-0.39, 0.29) is 0 Å². The van der Waals surface area contributed by atoms with Crippen molar-refractivity contribution >= 4 is 33.3 Å². The third-order valence-electron chi connectivity index (χ3n) is 1.96. The van der Waals surface area contributed by atoms with Gasteiger partial charge in [-0.25, -0.2) is 4.98 Å². The summed E-state index contributed by atoms with van der Waals surface area (Å²) in [6, 6.07) is 1.97. The van der Waals surface area contributed by atoms with Gasteiger partial charge in [-0.05, 0) is 40.4 Å². The van der Waals surface area contributed by atoms with Crippen LogP contribution in [0.15, 0.2) is 16.7 Å². The Bertz CT molecular complexity index is 304. The van der Waals surface area contributed by atoms with E-state index in [0.717, 1.165) is 16.8 Å². The summed E-state index contributed by atoms with van der Waals surface area (Å²) in [5.74, 6) is 2.00. The zero-order valence-electron chi connectivity index (χ0n) is 8.35. The van der Waals surface area contributed by atoms with E-state index in [2.05, 4.69) is 33.2 Å². The lowest BCUT2D eigenvalue weighted by molar-refractivity contribution is 0.694. The highest BCUT2D eigenvalue weighted by atomic mass is 79.9. The molecule has 0 radical (unpaired) electrons. The maximum Gasteiger partial charge on any atom is 0.140 e. The number of hydrogen-bond acceptors (Lipinski definition) is 2. The number of rotatable bonds is 4. The number of halogens is 2. The molecule has 0 aromatic carbocycles. The number of anilines is 1. The Labute approximate surface area is 98.2 Å². The third-order valence-corrected chi connectivity index (χ3v) is 3.49. The first-order valence-corrected chi connectivity index (χ1v) is 5.88. The first-order valence-electron chi connectivity index (χ1n) is 4.56. The molecule has 1 unspecified atom stereocenters. The van der Waals surface area contributed by atoms with E-state index < -0.39 is 0 Å². The average molecular weight is 278 g/mol. The fraction of sp³-hybridized carbons (Fsp3) is 0.500. The molecule has 1 atom stereocenters. The lowest BCUT2D eigenvalue weighted by Gasteiger charge is -2.11. The van der Waals surface area contributed by atoms with Crippen molar-refractivity contribution in [2.45, 2.75) is 13.8 Å². The Morgan fingerprint density at radius 2 is 2.36 bits per heavy atom. The van der Waals surface area contributed by atoms with Gasteiger partial charge >= 0.3 is 0 Å². The summed E-state index contributed by atoms with van der Waals surface area (Å²) < 4.78 is 1.03. The fourth-order valence-electron chi connectivity index (χ4n) is 0.989. The summed E-state index contributed by atoms with van der Waals surface area (Å²) in [4.78, 5) is 4.24. The molecule has 0 spiro atoms. The molecule has 4 heteroatoms. The summed E-state index contributed by atoms with van der Waals surface area (Å²) in [5, 5.41) is 3.26. The molecule has 0 saturated heterocycles. The molecule has 2 nitrogen and oxygen atoms in total. The molecular formula is C10H14BrClN2. The van der Waals surface area contributed by atoms with Gasteiger partial charge in [-0.1, -0.05) is 6.92 Å². The van der Waals surface area contributed by atoms with Crippen LogP contribution in [0.4, 0.5) is 5.82 Å². The van der Waals surface area contributed by atoms with Crippen molar-refractivity contribution in [1.29, 1.82) is 0 Å². The molecule has 0 fully saturated rings. The smallest absolute Gasteiger partial charge is 0.140 e. The van der Waals surface area contributed by atoms with Crippen molar-refractivity contribution in [2.24, 2.45) is 5.92 Å². The van der Waals surface area contributed by atoms with Crippen LogP contribution in [0.2, 0.25) is 0 Å². The van der Waals surface area contributed by atoms with Gasteiger partial charge in [-0.3, -0.25) is 0 Å². The van der Waals surface area contributed by atoms with E-state index in [1.54, 1.807) is 6.20 Å². The molecule has 0 aliphatic heterocycles. The Kier molecular flexibility index (Phi) is 4.69. The molecule has 0 aliphatic rings. The number of aromatic nitrogens is 1. The van der Waals surface area contributed by atoms with Crippen LogP contribution < -0.4 is 5.32 Å². The van der Waals surface area contributed by atoms with Crippen molar-refractivity contribution in [3.63, 3.8) is 0 Å². The van der Waals surface area contributed by atoms with E-state index in [4.69, 9.17) is 11.6 Å². The topological polar surface area (TPSA) is 24.9 Å². The lowest BCUT2D eigenvalue weighted by Crippen LogP contribution is -2.13. The molecule has 78 valence electrons. The second-order valence-corrected chi connectivity index (χ2v) is 4.53. The minimum absolute atomic E-state index is 0.450. The predicted molar refractivity (Wildman–Crippen MR) is 65.0 cm³/mol. The lowest BCUT2D eigenvalue weighted by atomic mass is 10.2. The second-order valence-electron chi connectivity index (χ2n) is 3.43. The van der Waals surface area contributed by atoms with Crippen molar-refractivity contribution in [3.05, 3.63) is 22.3 Å². The quantitative estimate of drug-likeness (QED) is 0.853. The Morgan fingerprint density at radius 1 is 1.64 bits per heavy atom. The van der Waals surface area contributed by atoms with Crippen molar-refractivity contribution < 1.29 is 0 Å². The van der Waals surface area contributed by atoms with Gasteiger partial charge in [0, 0.05) is 18.6 Å². The Balaban J connectivity index is 2.63. The van der Waals surface area contributed by atoms with Crippen LogP contribution in [-0.4, -0.2) is 17.4 Å². The molecule has 0 bridgehead atoms. The molecule has 0 aliphatic carbocycles. The first kappa shape index (κ1) is 11.8. The van der Waals surface area contributed by atoms with E-state index in [1.165, 1.54) is 5.56 Å². The zero-order chi connectivity index (χ0) is 10.6. The number of nitrogens with zero attached hydrogens (tertiary/aromatic N) is 1. The van der Waals surface area contributed by atoms with Gasteiger partial charge in [0.1, 0.15) is 5.82 Å². The zero-order valence-corrected chi connectivity index (χ0v) is 10.7. The van der Waals surface area contributed by atoms with E-state index in [0.29, 0.717) is 11.8 Å². The van der Waals surface area contributed by atoms with Crippen molar-refractivity contribution in [1.82, 2.24) is 4.98 Å². The summed E-state index contributed by atoms with van der Waals surface area (Å²) >= 11 is 9.21. The summed E-state index contributed by atoms with van der Waals surface area (Å²) in [7, 11) is 0. The molecule has 1 rings (SSSR count). The van der Waals surface area contributed by atoms with Gasteiger partial charge < -0.3 is 5.32 Å². The maximum absolute atomic E-state index is 5.72. The molecule has 0 saturated carbocycles. The van der Waals surface area contributed by atoms with Gasteiger partial charge in [-0.2, -0.15) is 0 Å². The fourth-order valence-corrected chi connectivity index (χ4v) is 1.47. The van der Waals surface area contributed by atoms with Crippen LogP contribution in [0.1, 0.15) is 12.5 Å². The van der Waals surface area contributed by atoms with E-state index in [9.17, 15) is 0 Å². The van der Waals surface area contributed by atoms with Crippen LogP contribution in [0.5, 0.6) is 0 Å². The highest BCUT2D eigenvalue weighted by molar-refractivity contribution is 9.10. The van der Waals surface area contributed by atoms with Crippen LogP contribution >= 0.6 is 27.5 Å². The van der Waals surface area contributed by atoms with Gasteiger partial charge in [0.15, 0.2) is 0 Å². The summed E-state index contributed by atoms with van der Waals surface area (Å²) in [6.45, 7) is 4.99. The average Bonchev–Trinajstić information content (AvgIpc) is 2.20. The maximum atomic E-state index is 5.72. The molecule has 1 aromatic rings. The third kappa shape index (κ3) is 3.14. The van der Waals surface area contributed by atoms with Crippen molar-refractivity contribution in [3.8, 4) is 0 Å². The van der Waals surface area contributed by atoms with Gasteiger partial charge in [0.05, 0.1) is 4.47 Å². The molecule has 0 amide bonds. The van der Waals surface area contributed by atoms with Gasteiger partial charge in [-0.15, -0.1) is 11.6 Å². The van der Waals surface area contributed by atoms with Crippen LogP contribution in [0.3, 0.4) is 0 Å². The predicted octanol–water partition coefficient (Wildman–Crippen LogP) is 3.44. The molecular weight excluding hydrogens is 263 g/mol. The van der Waals surface area contributed by atoms with Crippen LogP contribution in [-0.2, 0) is 0 Å². The standard InChI is InChI=1S/C10H14BrClN2/c1-7(5-12)6-14-10-9(11)8(2)3-4-13-10/h3-4,7H,5-6H2,1-2H3,(H,13,14). The summed E-state index contributed by atoms with van der Waals surface area (Å²) in [5.41, 5.74) is 1.18. The number of nitrogens with one attached hydrogen (secondary N) is 1. The highest BCUT2D eigenvalue weighted by Gasteiger charge is 2.05. The Morgan fingerprint density at radius 3 is 3.00 bits per heavy atom. The molecule has 1 heterocycles. The van der Waals surface area contributed by atoms with Crippen LogP contribution in [0, 0.1) is 12.8 Å². The van der Waals surface area contributed by atoms with Crippen LogP contribution in [0.25, 0.3) is 0 Å². The number of aryl methyl sites for hydroxylation is 1. The number of hydrogen-bond donors (Lipinski definition) is 1. The first-order chi connectivity index (χ1) is 6.65. The van der Waals surface area contributed by atoms with E-state index >= 15 is 0 Å². The Hall–Kier alpha value is -0.280. The molecule has 1 N–H and O–H groups in total. The van der Waals surface area contributed by atoms with Gasteiger partial charge in [0.25, 0.3) is 0 Å². The monoisotopic (exact) mass is 276 g/mol. The minimum atomic E-state index is 0.450. The summed E-state index contributed by atoms with van der Waals surface area (Å²) in [6.07, 6.45) is 1.80. The SMILES string of the molecule is Cc1ccnc(NCC(C)CCl)c1Br. The number of alkyl halides is 1.